The highest BCUT2D eigenvalue weighted by Gasteiger charge is 2.24. The Balaban J connectivity index is 2.36. The van der Waals surface area contributed by atoms with Crippen molar-refractivity contribution in [2.45, 2.75) is 17.9 Å². The van der Waals surface area contributed by atoms with Crippen molar-refractivity contribution in [1.82, 2.24) is 9.71 Å². The summed E-state index contributed by atoms with van der Waals surface area (Å²) in [5.41, 5.74) is 0.664. The number of aromatic nitrogens is 1. The Kier molecular flexibility index (Phi) is 5.17. The molecule has 6 nitrogen and oxygen atoms in total. The van der Waals surface area contributed by atoms with Crippen LogP contribution in [-0.2, 0) is 10.0 Å². The van der Waals surface area contributed by atoms with Gasteiger partial charge in [-0.05, 0) is 18.6 Å². The molecule has 2 rings (SSSR count). The summed E-state index contributed by atoms with van der Waals surface area (Å²) in [6.45, 7) is 1.65. The highest BCUT2D eigenvalue weighted by atomic mass is 32.2. The quantitative estimate of drug-likeness (QED) is 0.873. The van der Waals surface area contributed by atoms with E-state index in [9.17, 15) is 12.8 Å². The van der Waals surface area contributed by atoms with Crippen LogP contribution in [0.2, 0.25) is 0 Å². The monoisotopic (exact) mass is 340 g/mol. The second-order valence-corrected chi connectivity index (χ2v) is 6.45. The van der Waals surface area contributed by atoms with Gasteiger partial charge >= 0.3 is 0 Å². The first kappa shape index (κ1) is 17.2. The van der Waals surface area contributed by atoms with Gasteiger partial charge in [-0.15, -0.1) is 0 Å². The van der Waals surface area contributed by atoms with Crippen LogP contribution >= 0.6 is 0 Å². The maximum absolute atomic E-state index is 14.1. The average molecular weight is 340 g/mol. The number of hydrogen-bond donors (Lipinski definition) is 1. The number of halogens is 1. The van der Waals surface area contributed by atoms with E-state index in [1.807, 2.05) is 0 Å². The zero-order chi connectivity index (χ0) is 17.0. The van der Waals surface area contributed by atoms with Gasteiger partial charge in [-0.2, -0.15) is 0 Å². The number of sulfonamides is 1. The van der Waals surface area contributed by atoms with E-state index in [0.29, 0.717) is 5.56 Å². The molecule has 0 spiro atoms. The van der Waals surface area contributed by atoms with E-state index in [1.54, 1.807) is 25.3 Å². The van der Waals surface area contributed by atoms with Gasteiger partial charge in [-0.25, -0.2) is 17.5 Å². The topological polar surface area (TPSA) is 77.5 Å². The summed E-state index contributed by atoms with van der Waals surface area (Å²) < 4.78 is 51.4. The molecule has 2 aromatic rings. The van der Waals surface area contributed by atoms with Gasteiger partial charge in [-0.1, -0.05) is 6.07 Å². The summed E-state index contributed by atoms with van der Waals surface area (Å²) in [7, 11) is -1.40. The van der Waals surface area contributed by atoms with Crippen molar-refractivity contribution in [3.63, 3.8) is 0 Å². The Bertz CT molecular complexity index is 782. The lowest BCUT2D eigenvalue weighted by Crippen LogP contribution is -2.27. The SMILES string of the molecule is COc1cc(F)c(S(=O)(=O)N[C@H](C)c2cccnc2)cc1OC. The lowest BCUT2D eigenvalue weighted by Gasteiger charge is -2.16. The summed E-state index contributed by atoms with van der Waals surface area (Å²) in [5.74, 6) is -0.680. The number of methoxy groups -OCH3 is 2. The second kappa shape index (κ2) is 6.93. The Labute approximate surface area is 134 Å². The largest absolute Gasteiger partial charge is 0.493 e. The zero-order valence-corrected chi connectivity index (χ0v) is 13.7. The molecule has 0 aliphatic heterocycles. The van der Waals surface area contributed by atoms with Gasteiger partial charge in [0.25, 0.3) is 0 Å². The van der Waals surface area contributed by atoms with E-state index < -0.39 is 26.8 Å². The standard InChI is InChI=1S/C15H17FN2O4S/c1-10(11-5-4-6-17-9-11)18-23(19,20)15-8-14(22-3)13(21-2)7-12(15)16/h4-10,18H,1-3H3/t10-/m1/s1. The molecule has 0 amide bonds. The minimum absolute atomic E-state index is 0.115. The Morgan fingerprint density at radius 2 is 1.87 bits per heavy atom. The van der Waals surface area contributed by atoms with Crippen LogP contribution in [0, 0.1) is 5.82 Å². The van der Waals surface area contributed by atoms with Gasteiger partial charge < -0.3 is 9.47 Å². The molecular weight excluding hydrogens is 323 g/mol. The molecule has 23 heavy (non-hydrogen) atoms. The summed E-state index contributed by atoms with van der Waals surface area (Å²) >= 11 is 0. The number of ether oxygens (including phenoxy) is 2. The average Bonchev–Trinajstić information content (AvgIpc) is 2.54. The molecule has 1 heterocycles. The van der Waals surface area contributed by atoms with Crippen molar-refractivity contribution in [2.24, 2.45) is 0 Å². The minimum Gasteiger partial charge on any atom is -0.493 e. The fourth-order valence-electron chi connectivity index (χ4n) is 2.04. The molecule has 0 saturated carbocycles. The van der Waals surface area contributed by atoms with E-state index in [1.165, 1.54) is 20.4 Å². The molecule has 0 aliphatic carbocycles. The number of rotatable bonds is 6. The molecule has 0 aliphatic rings. The van der Waals surface area contributed by atoms with Crippen LogP contribution in [0.5, 0.6) is 11.5 Å². The molecule has 124 valence electrons. The minimum atomic E-state index is -4.08. The molecule has 1 aromatic heterocycles. The third kappa shape index (κ3) is 3.77. The van der Waals surface area contributed by atoms with Crippen LogP contribution < -0.4 is 14.2 Å². The molecule has 0 fully saturated rings. The normalized spacial score (nSPS) is 12.7. The van der Waals surface area contributed by atoms with Gasteiger partial charge in [0.15, 0.2) is 11.5 Å². The Morgan fingerprint density at radius 3 is 2.43 bits per heavy atom. The lowest BCUT2D eigenvalue weighted by molar-refractivity contribution is 0.350. The highest BCUT2D eigenvalue weighted by Crippen LogP contribution is 2.32. The Hall–Kier alpha value is -2.19. The number of nitrogens with one attached hydrogen (secondary N) is 1. The van der Waals surface area contributed by atoms with E-state index in [0.717, 1.165) is 12.1 Å². The zero-order valence-electron chi connectivity index (χ0n) is 12.9. The number of benzene rings is 1. The smallest absolute Gasteiger partial charge is 0.244 e. The van der Waals surface area contributed by atoms with Crippen molar-refractivity contribution in [2.75, 3.05) is 14.2 Å². The molecule has 8 heteroatoms. The maximum Gasteiger partial charge on any atom is 0.244 e. The summed E-state index contributed by atoms with van der Waals surface area (Å²) in [6, 6.07) is 4.91. The predicted molar refractivity (Wildman–Crippen MR) is 82.5 cm³/mol. The highest BCUT2D eigenvalue weighted by molar-refractivity contribution is 7.89. The van der Waals surface area contributed by atoms with Crippen LogP contribution in [0.3, 0.4) is 0 Å². The van der Waals surface area contributed by atoms with E-state index in [4.69, 9.17) is 9.47 Å². The van der Waals surface area contributed by atoms with Gasteiger partial charge in [0, 0.05) is 30.6 Å². The molecular formula is C15H17FN2O4S. The summed E-state index contributed by atoms with van der Waals surface area (Å²) in [5, 5.41) is 0. The second-order valence-electron chi connectivity index (χ2n) is 4.77. The first-order valence-corrected chi connectivity index (χ1v) is 8.21. The van der Waals surface area contributed by atoms with Crippen molar-refractivity contribution in [3.05, 3.63) is 48.0 Å². The molecule has 0 unspecified atom stereocenters. The fraction of sp³-hybridized carbons (Fsp3) is 0.267. The van der Waals surface area contributed by atoms with Gasteiger partial charge in [0.2, 0.25) is 10.0 Å². The first-order valence-electron chi connectivity index (χ1n) is 6.73. The van der Waals surface area contributed by atoms with Crippen molar-refractivity contribution >= 4 is 10.0 Å². The van der Waals surface area contributed by atoms with Crippen LogP contribution in [0.15, 0.2) is 41.6 Å². The number of hydrogen-bond acceptors (Lipinski definition) is 5. The number of nitrogens with zero attached hydrogens (tertiary/aromatic N) is 1. The molecule has 1 atom stereocenters. The van der Waals surface area contributed by atoms with E-state index in [2.05, 4.69) is 9.71 Å². The van der Waals surface area contributed by atoms with Gasteiger partial charge in [-0.3, -0.25) is 4.98 Å². The maximum atomic E-state index is 14.1. The fourth-order valence-corrected chi connectivity index (χ4v) is 3.34. The predicted octanol–water partition coefficient (Wildman–Crippen LogP) is 2.28. The molecule has 1 N–H and O–H groups in total. The molecule has 0 saturated heterocycles. The van der Waals surface area contributed by atoms with Crippen molar-refractivity contribution in [1.29, 1.82) is 0 Å². The first-order chi connectivity index (χ1) is 10.9. The lowest BCUT2D eigenvalue weighted by atomic mass is 10.2. The van der Waals surface area contributed by atoms with E-state index in [-0.39, 0.29) is 11.5 Å². The van der Waals surface area contributed by atoms with Crippen LogP contribution in [0.1, 0.15) is 18.5 Å². The molecule has 0 bridgehead atoms. The number of pyridine rings is 1. The van der Waals surface area contributed by atoms with Crippen LogP contribution in [-0.4, -0.2) is 27.6 Å². The summed E-state index contributed by atoms with van der Waals surface area (Å²) in [6.07, 6.45) is 3.12. The van der Waals surface area contributed by atoms with Gasteiger partial charge in [0.1, 0.15) is 10.7 Å². The third-order valence-electron chi connectivity index (χ3n) is 3.24. The van der Waals surface area contributed by atoms with E-state index >= 15 is 0 Å². The third-order valence-corrected chi connectivity index (χ3v) is 4.80. The van der Waals surface area contributed by atoms with Gasteiger partial charge in [0.05, 0.1) is 14.2 Å². The molecule has 1 aromatic carbocycles. The van der Waals surface area contributed by atoms with Crippen molar-refractivity contribution in [3.8, 4) is 11.5 Å². The van der Waals surface area contributed by atoms with Crippen LogP contribution in [0.4, 0.5) is 4.39 Å². The summed E-state index contributed by atoms with van der Waals surface area (Å²) in [4.78, 5) is 3.42. The van der Waals surface area contributed by atoms with Crippen molar-refractivity contribution < 1.29 is 22.3 Å². The van der Waals surface area contributed by atoms with Crippen LogP contribution in [0.25, 0.3) is 0 Å². The molecule has 0 radical (unpaired) electrons. The Morgan fingerprint density at radius 1 is 1.22 bits per heavy atom.